The fourth-order valence-electron chi connectivity index (χ4n) is 3.67. The number of carbonyl (C=O) groups is 2. The quantitative estimate of drug-likeness (QED) is 0.390. The lowest BCUT2D eigenvalue weighted by atomic mass is 9.86. The van der Waals surface area contributed by atoms with Crippen LogP contribution < -0.4 is 16.0 Å². The Morgan fingerprint density at radius 3 is 2.51 bits per heavy atom. The predicted molar refractivity (Wildman–Crippen MR) is 138 cm³/mol. The monoisotopic (exact) mass is 504 g/mol. The molecule has 0 saturated carbocycles. The van der Waals surface area contributed by atoms with Crippen LogP contribution in [-0.4, -0.2) is 17.6 Å². The van der Waals surface area contributed by atoms with Crippen molar-refractivity contribution in [3.8, 4) is 6.07 Å². The van der Waals surface area contributed by atoms with E-state index in [0.29, 0.717) is 27.6 Å². The number of anilines is 2. The van der Waals surface area contributed by atoms with E-state index in [-0.39, 0.29) is 17.3 Å². The minimum absolute atomic E-state index is 0.0438. The molecular formula is C26H21FN4O2S2. The van der Waals surface area contributed by atoms with Crippen molar-refractivity contribution in [2.75, 3.05) is 16.4 Å². The number of nitrogens with one attached hydrogen (secondary N) is 3. The number of thiophene rings is 1. The lowest BCUT2D eigenvalue weighted by Crippen LogP contribution is -2.30. The van der Waals surface area contributed by atoms with Crippen molar-refractivity contribution in [1.29, 1.82) is 5.26 Å². The molecule has 1 atom stereocenters. The number of rotatable bonds is 7. The first-order valence-electron chi connectivity index (χ1n) is 10.7. The zero-order valence-corrected chi connectivity index (χ0v) is 20.3. The second kappa shape index (κ2) is 11.0. The number of amides is 2. The maximum Gasteiger partial charge on any atom is 0.254 e. The van der Waals surface area contributed by atoms with E-state index >= 15 is 0 Å². The van der Waals surface area contributed by atoms with Gasteiger partial charge in [-0.15, -0.1) is 11.3 Å². The maximum absolute atomic E-state index is 13.9. The number of para-hydroxylation sites is 2. The maximum atomic E-state index is 13.9. The lowest BCUT2D eigenvalue weighted by molar-refractivity contribution is -0.114. The summed E-state index contributed by atoms with van der Waals surface area (Å²) in [6.45, 7) is 1.77. The highest BCUT2D eigenvalue weighted by Gasteiger charge is 2.35. The first kappa shape index (κ1) is 24.3. The van der Waals surface area contributed by atoms with Gasteiger partial charge >= 0.3 is 0 Å². The zero-order chi connectivity index (χ0) is 24.8. The highest BCUT2D eigenvalue weighted by atomic mass is 32.2. The Kier molecular flexibility index (Phi) is 7.65. The normalized spacial score (nSPS) is 15.3. The standard InChI is InChI=1S/C26H21FN4O2S2/c1-16-23(25(33)30-17-8-3-2-4-9-17)24(21-12-7-13-34-21)18(14-28)26(29-16)35-15-22(32)31-20-11-6-5-10-19(20)27/h2-13,24,29H,15H2,1H3,(H,30,33)(H,31,32). The Morgan fingerprint density at radius 2 is 1.83 bits per heavy atom. The second-order valence-corrected chi connectivity index (χ2v) is 9.57. The Labute approximate surface area is 210 Å². The van der Waals surface area contributed by atoms with Crippen molar-refractivity contribution >= 4 is 46.3 Å². The average Bonchev–Trinajstić information content (AvgIpc) is 3.39. The van der Waals surface area contributed by atoms with Crippen LogP contribution in [0.2, 0.25) is 0 Å². The largest absolute Gasteiger partial charge is 0.353 e. The molecule has 0 aliphatic carbocycles. The molecule has 3 N–H and O–H groups in total. The number of thioether (sulfide) groups is 1. The Morgan fingerprint density at radius 1 is 1.09 bits per heavy atom. The number of nitrogens with zero attached hydrogens (tertiary/aromatic N) is 1. The molecule has 35 heavy (non-hydrogen) atoms. The summed E-state index contributed by atoms with van der Waals surface area (Å²) in [6, 6.07) is 21.0. The topological polar surface area (TPSA) is 94.0 Å². The zero-order valence-electron chi connectivity index (χ0n) is 18.7. The van der Waals surface area contributed by atoms with E-state index in [9.17, 15) is 19.2 Å². The number of halogens is 1. The fourth-order valence-corrected chi connectivity index (χ4v) is 5.41. The predicted octanol–water partition coefficient (Wildman–Crippen LogP) is 5.59. The highest BCUT2D eigenvalue weighted by molar-refractivity contribution is 8.03. The number of nitriles is 1. The van der Waals surface area contributed by atoms with Crippen LogP contribution >= 0.6 is 23.1 Å². The summed E-state index contributed by atoms with van der Waals surface area (Å²) >= 11 is 2.59. The average molecular weight is 505 g/mol. The van der Waals surface area contributed by atoms with E-state index < -0.39 is 17.6 Å². The number of hydrogen-bond donors (Lipinski definition) is 3. The van der Waals surface area contributed by atoms with Crippen molar-refractivity contribution in [3.63, 3.8) is 0 Å². The van der Waals surface area contributed by atoms with Gasteiger partial charge in [-0.1, -0.05) is 48.2 Å². The van der Waals surface area contributed by atoms with Gasteiger partial charge in [-0.05, 0) is 42.6 Å². The molecule has 0 bridgehead atoms. The Balaban J connectivity index is 1.58. The van der Waals surface area contributed by atoms with Gasteiger partial charge in [0.05, 0.1) is 34.0 Å². The third-order valence-electron chi connectivity index (χ3n) is 5.25. The molecule has 3 aromatic rings. The van der Waals surface area contributed by atoms with E-state index in [4.69, 9.17) is 0 Å². The Bertz CT molecular complexity index is 1350. The highest BCUT2D eigenvalue weighted by Crippen LogP contribution is 2.42. The molecule has 2 amide bonds. The van der Waals surface area contributed by atoms with Crippen molar-refractivity contribution in [1.82, 2.24) is 5.32 Å². The van der Waals surface area contributed by atoms with E-state index in [1.54, 1.807) is 31.2 Å². The van der Waals surface area contributed by atoms with Crippen LogP contribution in [0, 0.1) is 17.1 Å². The Hall–Kier alpha value is -3.87. The van der Waals surface area contributed by atoms with Gasteiger partial charge in [0.1, 0.15) is 5.82 Å². The van der Waals surface area contributed by atoms with Gasteiger partial charge in [-0.2, -0.15) is 5.26 Å². The van der Waals surface area contributed by atoms with Crippen LogP contribution in [0.1, 0.15) is 17.7 Å². The SMILES string of the molecule is CC1=C(C(=O)Nc2ccccc2)C(c2cccs2)C(C#N)=C(SCC(=O)Nc2ccccc2F)N1. The summed E-state index contributed by atoms with van der Waals surface area (Å²) in [7, 11) is 0. The molecule has 9 heteroatoms. The smallest absolute Gasteiger partial charge is 0.254 e. The van der Waals surface area contributed by atoms with Crippen LogP contribution in [-0.2, 0) is 9.59 Å². The van der Waals surface area contributed by atoms with E-state index in [0.717, 1.165) is 16.6 Å². The molecule has 2 aromatic carbocycles. The third kappa shape index (κ3) is 5.62. The lowest BCUT2D eigenvalue weighted by Gasteiger charge is -2.29. The number of allylic oxidation sites excluding steroid dienone is 2. The molecule has 1 aromatic heterocycles. The van der Waals surface area contributed by atoms with Gasteiger partial charge in [0.2, 0.25) is 5.91 Å². The van der Waals surface area contributed by atoms with Crippen LogP contribution in [0.3, 0.4) is 0 Å². The first-order valence-corrected chi connectivity index (χ1v) is 12.5. The number of benzene rings is 2. The van der Waals surface area contributed by atoms with E-state index in [1.807, 2.05) is 35.7 Å². The van der Waals surface area contributed by atoms with Gasteiger partial charge in [0.25, 0.3) is 5.91 Å². The number of hydrogen-bond acceptors (Lipinski definition) is 6. The summed E-state index contributed by atoms with van der Waals surface area (Å²) < 4.78 is 13.9. The minimum atomic E-state index is -0.581. The number of carbonyl (C=O) groups excluding carboxylic acids is 2. The van der Waals surface area contributed by atoms with Gasteiger partial charge in [0, 0.05) is 21.8 Å². The van der Waals surface area contributed by atoms with Crippen molar-refractivity contribution in [2.45, 2.75) is 12.8 Å². The molecule has 0 spiro atoms. The molecule has 0 fully saturated rings. The fraction of sp³-hybridized carbons (Fsp3) is 0.115. The van der Waals surface area contributed by atoms with Crippen LogP contribution in [0.5, 0.6) is 0 Å². The minimum Gasteiger partial charge on any atom is -0.353 e. The van der Waals surface area contributed by atoms with Crippen molar-refractivity contribution < 1.29 is 14.0 Å². The van der Waals surface area contributed by atoms with Crippen LogP contribution in [0.4, 0.5) is 15.8 Å². The summed E-state index contributed by atoms with van der Waals surface area (Å²) in [5.74, 6) is -1.87. The first-order chi connectivity index (χ1) is 17.0. The summed E-state index contributed by atoms with van der Waals surface area (Å²) in [5.41, 5.74) is 2.12. The van der Waals surface area contributed by atoms with Crippen LogP contribution in [0.15, 0.2) is 94.0 Å². The van der Waals surface area contributed by atoms with Crippen molar-refractivity contribution in [2.24, 2.45) is 0 Å². The molecule has 4 rings (SSSR count). The molecule has 6 nitrogen and oxygen atoms in total. The molecular weight excluding hydrogens is 483 g/mol. The van der Waals surface area contributed by atoms with Gasteiger partial charge in [-0.25, -0.2) is 4.39 Å². The molecule has 0 saturated heterocycles. The molecule has 2 heterocycles. The molecule has 176 valence electrons. The molecule has 1 unspecified atom stereocenters. The summed E-state index contributed by atoms with van der Waals surface area (Å²) in [5, 5.41) is 21.1. The third-order valence-corrected chi connectivity index (χ3v) is 7.20. The summed E-state index contributed by atoms with van der Waals surface area (Å²) in [6.07, 6.45) is 0. The van der Waals surface area contributed by atoms with Gasteiger partial charge in [0.15, 0.2) is 0 Å². The molecule has 1 aliphatic heterocycles. The number of dihydropyridines is 1. The van der Waals surface area contributed by atoms with Gasteiger partial charge in [-0.3, -0.25) is 9.59 Å². The molecule has 0 radical (unpaired) electrons. The van der Waals surface area contributed by atoms with E-state index in [2.05, 4.69) is 22.0 Å². The van der Waals surface area contributed by atoms with Crippen molar-refractivity contribution in [3.05, 3.63) is 105 Å². The van der Waals surface area contributed by atoms with Gasteiger partial charge < -0.3 is 16.0 Å². The van der Waals surface area contributed by atoms with E-state index in [1.165, 1.54) is 23.5 Å². The second-order valence-electron chi connectivity index (χ2n) is 7.60. The molecule has 1 aliphatic rings. The summed E-state index contributed by atoms with van der Waals surface area (Å²) in [4.78, 5) is 26.6. The van der Waals surface area contributed by atoms with Crippen LogP contribution in [0.25, 0.3) is 0 Å².